The topological polar surface area (TPSA) is 90.2 Å². The average molecular weight is 399 g/mol. The lowest BCUT2D eigenvalue weighted by atomic mass is 10.3. The minimum Gasteiger partial charge on any atom is -0.358 e. The fourth-order valence-electron chi connectivity index (χ4n) is 0.916. The maximum Gasteiger partial charge on any atom is 0.378 e. The van der Waals surface area contributed by atoms with Crippen molar-refractivity contribution in [1.29, 1.82) is 0 Å². The Hall–Kier alpha value is -0.620. The van der Waals surface area contributed by atoms with Crippen molar-refractivity contribution in [2.75, 3.05) is 0 Å². The van der Waals surface area contributed by atoms with Crippen molar-refractivity contribution in [1.82, 2.24) is 4.98 Å². The molecule has 0 unspecified atom stereocenters. The molecular formula is C6H2ClF2IN2O4S. The van der Waals surface area contributed by atoms with Crippen LogP contribution in [0.2, 0.25) is 0 Å². The van der Waals surface area contributed by atoms with Gasteiger partial charge >= 0.3 is 14.9 Å². The van der Waals surface area contributed by atoms with Crippen LogP contribution in [0.5, 0.6) is 0 Å². The van der Waals surface area contributed by atoms with E-state index in [0.29, 0.717) is 6.07 Å². The van der Waals surface area contributed by atoms with Crippen molar-refractivity contribution in [3.63, 3.8) is 0 Å². The quantitative estimate of drug-likeness (QED) is 0.338. The number of aromatic nitrogens is 1. The Labute approximate surface area is 112 Å². The number of hydrogen-bond donors (Lipinski definition) is 0. The van der Waals surface area contributed by atoms with Crippen LogP contribution < -0.4 is 0 Å². The summed E-state index contributed by atoms with van der Waals surface area (Å²) in [4.78, 5) is 12.6. The lowest BCUT2D eigenvalue weighted by Crippen LogP contribution is -2.05. The van der Waals surface area contributed by atoms with Crippen LogP contribution in [0.3, 0.4) is 0 Å². The summed E-state index contributed by atoms with van der Waals surface area (Å²) in [5.41, 5.74) is -0.800. The molecular weight excluding hydrogens is 396 g/mol. The maximum absolute atomic E-state index is 12.5. The Morgan fingerprint density at radius 3 is 2.41 bits per heavy atom. The first-order chi connectivity index (χ1) is 7.64. The Balaban J connectivity index is 3.65. The van der Waals surface area contributed by atoms with Gasteiger partial charge in [0.2, 0.25) is 0 Å². The predicted molar refractivity (Wildman–Crippen MR) is 61.6 cm³/mol. The summed E-state index contributed by atoms with van der Waals surface area (Å²) in [5, 5.41) is 9.56. The summed E-state index contributed by atoms with van der Waals surface area (Å²) in [7, 11) is 0.492. The van der Waals surface area contributed by atoms with Crippen molar-refractivity contribution in [3.05, 3.63) is 25.3 Å². The van der Waals surface area contributed by atoms with Crippen LogP contribution >= 0.6 is 33.3 Å². The van der Waals surface area contributed by atoms with Gasteiger partial charge in [0.05, 0.1) is 0 Å². The standard InChI is InChI=1S/C6H2ClF2IN2O4S/c7-17(15,16)3-1-2(5(8)9)4(10)6(11-3)12(13)14/h1,5H. The summed E-state index contributed by atoms with van der Waals surface area (Å²) in [6, 6.07) is 0.516. The van der Waals surface area contributed by atoms with Gasteiger partial charge in [0.15, 0.2) is 0 Å². The van der Waals surface area contributed by atoms with E-state index in [-0.39, 0.29) is 0 Å². The van der Waals surface area contributed by atoms with Gasteiger partial charge in [-0.05, 0) is 32.5 Å². The average Bonchev–Trinajstić information content (AvgIpc) is 2.14. The second kappa shape index (κ2) is 4.94. The van der Waals surface area contributed by atoms with Crippen molar-refractivity contribution < 1.29 is 22.1 Å². The van der Waals surface area contributed by atoms with Gasteiger partial charge in [0.1, 0.15) is 3.57 Å². The molecule has 0 atom stereocenters. The van der Waals surface area contributed by atoms with E-state index in [4.69, 9.17) is 10.7 Å². The third-order valence-electron chi connectivity index (χ3n) is 1.60. The van der Waals surface area contributed by atoms with Gasteiger partial charge in [-0.1, -0.05) is 0 Å². The molecule has 0 aliphatic carbocycles. The Bertz CT molecular complexity index is 580. The van der Waals surface area contributed by atoms with Crippen molar-refractivity contribution >= 4 is 48.1 Å². The van der Waals surface area contributed by atoms with E-state index in [1.165, 1.54) is 22.6 Å². The zero-order valence-electron chi connectivity index (χ0n) is 7.60. The zero-order valence-corrected chi connectivity index (χ0v) is 11.3. The number of nitro groups is 1. The van der Waals surface area contributed by atoms with E-state index in [1.807, 2.05) is 0 Å². The molecule has 0 aromatic carbocycles. The van der Waals surface area contributed by atoms with Crippen LogP contribution in [-0.4, -0.2) is 18.3 Å². The first-order valence-electron chi connectivity index (χ1n) is 3.72. The molecule has 1 rings (SSSR count). The smallest absolute Gasteiger partial charge is 0.358 e. The number of rotatable bonds is 3. The summed E-state index contributed by atoms with van der Waals surface area (Å²) >= 11 is 1.29. The fourth-order valence-corrected chi connectivity index (χ4v) is 2.32. The minimum absolute atomic E-state index is 0.424. The molecule has 17 heavy (non-hydrogen) atoms. The van der Waals surface area contributed by atoms with Gasteiger partial charge in [-0.3, -0.25) is 0 Å². The third kappa shape index (κ3) is 3.19. The van der Waals surface area contributed by atoms with Crippen molar-refractivity contribution in [2.24, 2.45) is 0 Å². The molecule has 1 aromatic rings. The third-order valence-corrected chi connectivity index (χ3v) is 3.89. The lowest BCUT2D eigenvalue weighted by molar-refractivity contribution is -0.391. The molecule has 0 spiro atoms. The molecule has 94 valence electrons. The van der Waals surface area contributed by atoms with Gasteiger partial charge in [0.25, 0.3) is 11.5 Å². The largest absolute Gasteiger partial charge is 0.378 e. The molecule has 0 aliphatic rings. The Morgan fingerprint density at radius 1 is 1.53 bits per heavy atom. The van der Waals surface area contributed by atoms with Gasteiger partial charge in [-0.25, -0.2) is 17.2 Å². The monoisotopic (exact) mass is 398 g/mol. The number of nitrogens with zero attached hydrogens (tertiary/aromatic N) is 2. The van der Waals surface area contributed by atoms with Crippen LogP contribution in [0.1, 0.15) is 12.0 Å². The van der Waals surface area contributed by atoms with Crippen molar-refractivity contribution in [2.45, 2.75) is 11.5 Å². The minimum atomic E-state index is -4.41. The zero-order chi connectivity index (χ0) is 13.4. The molecule has 0 aliphatic heterocycles. The van der Waals surface area contributed by atoms with E-state index in [1.54, 1.807) is 0 Å². The summed E-state index contributed by atoms with van der Waals surface area (Å²) in [5.74, 6) is -0.970. The Morgan fingerprint density at radius 2 is 2.06 bits per heavy atom. The lowest BCUT2D eigenvalue weighted by Gasteiger charge is -2.03. The number of hydrogen-bond acceptors (Lipinski definition) is 5. The predicted octanol–water partition coefficient (Wildman–Crippen LogP) is 2.46. The van der Waals surface area contributed by atoms with Gasteiger partial charge in [-0.15, -0.1) is 0 Å². The highest BCUT2D eigenvalue weighted by Crippen LogP contribution is 2.32. The van der Waals surface area contributed by atoms with Crippen molar-refractivity contribution in [3.8, 4) is 0 Å². The molecule has 0 fully saturated rings. The van der Waals surface area contributed by atoms with Gasteiger partial charge in [0, 0.05) is 22.3 Å². The molecule has 0 amide bonds. The Kier molecular flexibility index (Phi) is 4.19. The molecule has 0 saturated carbocycles. The number of alkyl halides is 2. The normalized spacial score (nSPS) is 11.8. The first-order valence-corrected chi connectivity index (χ1v) is 7.11. The fraction of sp³-hybridized carbons (Fsp3) is 0.167. The highest BCUT2D eigenvalue weighted by molar-refractivity contribution is 14.1. The van der Waals surface area contributed by atoms with Gasteiger partial charge < -0.3 is 10.1 Å². The molecule has 6 nitrogen and oxygen atoms in total. The van der Waals surface area contributed by atoms with E-state index in [2.05, 4.69) is 4.98 Å². The van der Waals surface area contributed by atoms with E-state index in [9.17, 15) is 27.3 Å². The molecule has 1 heterocycles. The number of halogens is 4. The van der Waals surface area contributed by atoms with Crippen LogP contribution in [-0.2, 0) is 9.05 Å². The second-order valence-corrected chi connectivity index (χ2v) is 6.27. The number of pyridine rings is 1. The summed E-state index contributed by atoms with van der Waals surface area (Å²) < 4.78 is 46.5. The SMILES string of the molecule is O=[N+]([O-])c1nc(S(=O)(=O)Cl)cc(C(F)F)c1I. The first kappa shape index (κ1) is 14.4. The van der Waals surface area contributed by atoms with E-state index >= 15 is 0 Å². The summed E-state index contributed by atoms with van der Waals surface area (Å²) in [6.07, 6.45) is -3.07. The summed E-state index contributed by atoms with van der Waals surface area (Å²) in [6.45, 7) is 0. The van der Waals surface area contributed by atoms with Crippen LogP contribution in [0.15, 0.2) is 11.1 Å². The van der Waals surface area contributed by atoms with Crippen LogP contribution in [0, 0.1) is 13.7 Å². The van der Waals surface area contributed by atoms with Crippen LogP contribution in [0.4, 0.5) is 14.6 Å². The molecule has 0 saturated heterocycles. The van der Waals surface area contributed by atoms with Crippen LogP contribution in [0.25, 0.3) is 0 Å². The molecule has 1 aromatic heterocycles. The molecule has 11 heteroatoms. The highest BCUT2D eigenvalue weighted by Gasteiger charge is 2.29. The molecule has 0 N–H and O–H groups in total. The maximum atomic E-state index is 12.5. The molecule has 0 bridgehead atoms. The highest BCUT2D eigenvalue weighted by atomic mass is 127. The van der Waals surface area contributed by atoms with E-state index < -0.39 is 40.4 Å². The van der Waals surface area contributed by atoms with Gasteiger partial charge in [-0.2, -0.15) is 0 Å². The van der Waals surface area contributed by atoms with E-state index in [0.717, 1.165) is 0 Å². The molecule has 0 radical (unpaired) electrons. The second-order valence-electron chi connectivity index (χ2n) is 2.68.